The first-order chi connectivity index (χ1) is 7.75. The molecule has 0 unspecified atom stereocenters. The van der Waals surface area contributed by atoms with Gasteiger partial charge in [0.2, 0.25) is 0 Å². The van der Waals surface area contributed by atoms with Gasteiger partial charge >= 0.3 is 5.97 Å². The lowest BCUT2D eigenvalue weighted by molar-refractivity contribution is -0.131. The number of rotatable bonds is 3. The van der Waals surface area contributed by atoms with E-state index in [1.54, 1.807) is 6.07 Å². The molecule has 2 rings (SSSR count). The van der Waals surface area contributed by atoms with Crippen molar-refractivity contribution >= 4 is 12.0 Å². The highest BCUT2D eigenvalue weighted by Gasteiger charge is 2.03. The van der Waals surface area contributed by atoms with Crippen molar-refractivity contribution in [2.75, 3.05) is 0 Å². The van der Waals surface area contributed by atoms with Gasteiger partial charge in [0.15, 0.2) is 5.76 Å². The van der Waals surface area contributed by atoms with Gasteiger partial charge in [-0.2, -0.15) is 0 Å². The third-order valence-electron chi connectivity index (χ3n) is 1.99. The molecule has 0 amide bonds. The van der Waals surface area contributed by atoms with Gasteiger partial charge < -0.3 is 9.63 Å². The molecule has 0 radical (unpaired) electrons. The molecule has 0 aliphatic heterocycles. The molecule has 16 heavy (non-hydrogen) atoms. The molecule has 0 saturated heterocycles. The van der Waals surface area contributed by atoms with Crippen LogP contribution in [0.1, 0.15) is 5.76 Å². The van der Waals surface area contributed by atoms with Gasteiger partial charge in [0.25, 0.3) is 0 Å². The quantitative estimate of drug-likeness (QED) is 0.798. The van der Waals surface area contributed by atoms with Crippen LogP contribution in [0.25, 0.3) is 17.3 Å². The molecule has 1 aromatic carbocycles. The maximum Gasteiger partial charge on any atom is 0.328 e. The number of benzene rings is 1. The number of carbonyl (C=O) groups is 1. The second kappa shape index (κ2) is 4.44. The Morgan fingerprint density at radius 3 is 2.75 bits per heavy atom. The second-order valence-electron chi connectivity index (χ2n) is 3.15. The molecule has 4 nitrogen and oxygen atoms in total. The van der Waals surface area contributed by atoms with Crippen LogP contribution in [0.3, 0.4) is 0 Å². The van der Waals surface area contributed by atoms with Crippen molar-refractivity contribution < 1.29 is 14.4 Å². The van der Waals surface area contributed by atoms with E-state index in [0.717, 1.165) is 11.6 Å². The third-order valence-corrected chi connectivity index (χ3v) is 1.99. The lowest BCUT2D eigenvalue weighted by Crippen LogP contribution is -1.84. The third kappa shape index (κ3) is 2.36. The van der Waals surface area contributed by atoms with Crippen LogP contribution in [0.5, 0.6) is 0 Å². The highest BCUT2D eigenvalue weighted by Crippen LogP contribution is 2.18. The Bertz CT molecular complexity index is 514. The Balaban J connectivity index is 2.23. The fourth-order valence-electron chi connectivity index (χ4n) is 1.27. The van der Waals surface area contributed by atoms with Gasteiger partial charge in [-0.25, -0.2) is 4.79 Å². The molecule has 1 N–H and O–H groups in total. The van der Waals surface area contributed by atoms with Crippen molar-refractivity contribution in [1.82, 2.24) is 5.16 Å². The number of hydrogen-bond acceptors (Lipinski definition) is 3. The van der Waals surface area contributed by atoms with Gasteiger partial charge in [0.05, 0.1) is 0 Å². The van der Waals surface area contributed by atoms with Gasteiger partial charge in [-0.05, 0) is 6.08 Å². The standard InChI is InChI=1S/C12H9NO3/c14-12(15)7-6-10-8-11(13-16-10)9-4-2-1-3-5-9/h1-8H,(H,14,15)/b7-6+. The summed E-state index contributed by atoms with van der Waals surface area (Å²) in [4.78, 5) is 10.3. The van der Waals surface area contributed by atoms with Gasteiger partial charge in [-0.1, -0.05) is 35.5 Å². The SMILES string of the molecule is O=C(O)/C=C/c1cc(-c2ccccc2)no1. The molecule has 2 aromatic rings. The summed E-state index contributed by atoms with van der Waals surface area (Å²) in [6, 6.07) is 11.2. The zero-order valence-electron chi connectivity index (χ0n) is 8.33. The summed E-state index contributed by atoms with van der Waals surface area (Å²) in [6.07, 6.45) is 2.37. The van der Waals surface area contributed by atoms with Crippen LogP contribution in [0.4, 0.5) is 0 Å². The van der Waals surface area contributed by atoms with Crippen LogP contribution in [0.15, 0.2) is 47.0 Å². The zero-order chi connectivity index (χ0) is 11.4. The fraction of sp³-hybridized carbons (Fsp3) is 0. The van der Waals surface area contributed by atoms with Crippen molar-refractivity contribution in [3.05, 3.63) is 48.2 Å². The molecule has 0 aliphatic carbocycles. The number of hydrogen-bond donors (Lipinski definition) is 1. The molecular formula is C12H9NO3. The summed E-state index contributed by atoms with van der Waals surface area (Å²) in [5.41, 5.74) is 1.62. The maximum atomic E-state index is 10.3. The number of carboxylic acids is 1. The summed E-state index contributed by atoms with van der Waals surface area (Å²) in [7, 11) is 0. The molecule has 0 saturated carbocycles. The highest BCUT2D eigenvalue weighted by atomic mass is 16.5. The lowest BCUT2D eigenvalue weighted by atomic mass is 10.1. The minimum absolute atomic E-state index is 0.418. The van der Waals surface area contributed by atoms with Crippen LogP contribution >= 0.6 is 0 Å². The molecule has 80 valence electrons. The summed E-state index contributed by atoms with van der Waals surface area (Å²) in [5, 5.41) is 12.3. The van der Waals surface area contributed by atoms with Crippen LogP contribution < -0.4 is 0 Å². The predicted molar refractivity (Wildman–Crippen MR) is 58.6 cm³/mol. The highest BCUT2D eigenvalue weighted by molar-refractivity contribution is 5.84. The summed E-state index contributed by atoms with van der Waals surface area (Å²) < 4.78 is 4.97. The first-order valence-electron chi connectivity index (χ1n) is 4.69. The Hall–Kier alpha value is -2.36. The van der Waals surface area contributed by atoms with Crippen LogP contribution in [-0.4, -0.2) is 16.2 Å². The lowest BCUT2D eigenvalue weighted by Gasteiger charge is -1.90. The molecule has 0 fully saturated rings. The van der Waals surface area contributed by atoms with Gasteiger partial charge in [-0.15, -0.1) is 0 Å². The zero-order valence-corrected chi connectivity index (χ0v) is 8.33. The number of carboxylic acid groups (broad SMARTS) is 1. The smallest absolute Gasteiger partial charge is 0.328 e. The Kier molecular flexibility index (Phi) is 2.82. The van der Waals surface area contributed by atoms with Crippen LogP contribution in [0, 0.1) is 0 Å². The topological polar surface area (TPSA) is 63.3 Å². The van der Waals surface area contributed by atoms with Gasteiger partial charge in [-0.3, -0.25) is 0 Å². The van der Waals surface area contributed by atoms with E-state index in [-0.39, 0.29) is 0 Å². The molecule has 1 heterocycles. The number of aromatic nitrogens is 1. The number of aliphatic carboxylic acids is 1. The van der Waals surface area contributed by atoms with E-state index in [4.69, 9.17) is 9.63 Å². The van der Waals surface area contributed by atoms with Crippen LogP contribution in [0.2, 0.25) is 0 Å². The van der Waals surface area contributed by atoms with E-state index in [1.807, 2.05) is 30.3 Å². The molecule has 4 heteroatoms. The minimum atomic E-state index is -1.02. The van der Waals surface area contributed by atoms with Crippen molar-refractivity contribution in [3.8, 4) is 11.3 Å². The monoisotopic (exact) mass is 215 g/mol. The molecule has 0 aliphatic rings. The van der Waals surface area contributed by atoms with E-state index < -0.39 is 5.97 Å². The van der Waals surface area contributed by atoms with Crippen molar-refractivity contribution in [2.24, 2.45) is 0 Å². The van der Waals surface area contributed by atoms with E-state index in [2.05, 4.69) is 5.16 Å². The van der Waals surface area contributed by atoms with Crippen LogP contribution in [-0.2, 0) is 4.79 Å². The first-order valence-corrected chi connectivity index (χ1v) is 4.69. The molecule has 0 bridgehead atoms. The average Bonchev–Trinajstić information content (AvgIpc) is 2.76. The molecule has 0 atom stereocenters. The van der Waals surface area contributed by atoms with E-state index in [0.29, 0.717) is 11.5 Å². The van der Waals surface area contributed by atoms with Crippen molar-refractivity contribution in [1.29, 1.82) is 0 Å². The Labute approximate surface area is 91.8 Å². The minimum Gasteiger partial charge on any atom is -0.478 e. The molecule has 1 aromatic heterocycles. The second-order valence-corrected chi connectivity index (χ2v) is 3.15. The fourth-order valence-corrected chi connectivity index (χ4v) is 1.27. The van der Waals surface area contributed by atoms with Crippen molar-refractivity contribution in [3.63, 3.8) is 0 Å². The average molecular weight is 215 g/mol. The van der Waals surface area contributed by atoms with Crippen molar-refractivity contribution in [2.45, 2.75) is 0 Å². The Morgan fingerprint density at radius 1 is 1.31 bits per heavy atom. The first kappa shape index (κ1) is 10.2. The van der Waals surface area contributed by atoms with Gasteiger partial charge in [0, 0.05) is 17.7 Å². The summed E-state index contributed by atoms with van der Waals surface area (Å²) in [6.45, 7) is 0. The maximum absolute atomic E-state index is 10.3. The normalized spacial score (nSPS) is 10.8. The van der Waals surface area contributed by atoms with E-state index in [1.165, 1.54) is 6.08 Å². The van der Waals surface area contributed by atoms with Gasteiger partial charge in [0.1, 0.15) is 5.69 Å². The van der Waals surface area contributed by atoms with E-state index in [9.17, 15) is 4.79 Å². The molecule has 0 spiro atoms. The summed E-state index contributed by atoms with van der Waals surface area (Å²) in [5.74, 6) is -0.598. The molecular weight excluding hydrogens is 206 g/mol. The largest absolute Gasteiger partial charge is 0.478 e. The number of nitrogens with zero attached hydrogens (tertiary/aromatic N) is 1. The summed E-state index contributed by atoms with van der Waals surface area (Å²) >= 11 is 0. The van der Waals surface area contributed by atoms with E-state index >= 15 is 0 Å². The predicted octanol–water partition coefficient (Wildman–Crippen LogP) is 2.44. The Morgan fingerprint density at radius 2 is 2.06 bits per heavy atom.